The SMILES string of the molecule is CCC(C)[C@H](CC(=O)[C@@]1(NC(=O)[C@@H](CC(=O)Cc2ccccc2F)C(C)CC)CCc2[nH]c3c(C(F)(F)F)cccc3c2C1)C(=O)NCCCCC1N=NN=N1. The molecule has 2 aromatic carbocycles. The third-order valence-corrected chi connectivity index (χ3v) is 11.6. The Morgan fingerprint density at radius 1 is 0.911 bits per heavy atom. The van der Waals surface area contributed by atoms with Crippen LogP contribution in [0.3, 0.4) is 0 Å². The van der Waals surface area contributed by atoms with Crippen LogP contribution in [-0.2, 0) is 44.6 Å². The van der Waals surface area contributed by atoms with Crippen LogP contribution in [0.15, 0.2) is 63.1 Å². The fourth-order valence-corrected chi connectivity index (χ4v) is 7.79. The lowest BCUT2D eigenvalue weighted by atomic mass is 9.72. The summed E-state index contributed by atoms with van der Waals surface area (Å²) < 4.78 is 56.7. The number of fused-ring (bicyclic) bond motifs is 3. The molecule has 5 atom stereocenters. The molecule has 1 aliphatic heterocycles. The summed E-state index contributed by atoms with van der Waals surface area (Å²) in [4.78, 5) is 59.3. The van der Waals surface area contributed by atoms with Crippen molar-refractivity contribution >= 4 is 34.3 Å². The number of aromatic amines is 1. The van der Waals surface area contributed by atoms with Crippen LogP contribution >= 0.6 is 0 Å². The van der Waals surface area contributed by atoms with E-state index in [0.29, 0.717) is 55.3 Å². The first-order valence-electron chi connectivity index (χ1n) is 19.5. The van der Waals surface area contributed by atoms with Gasteiger partial charge >= 0.3 is 6.18 Å². The largest absolute Gasteiger partial charge is 0.418 e. The minimum absolute atomic E-state index is 0.0693. The second kappa shape index (κ2) is 18.4. The van der Waals surface area contributed by atoms with Gasteiger partial charge in [0.15, 0.2) is 11.9 Å². The van der Waals surface area contributed by atoms with Gasteiger partial charge in [-0.2, -0.15) is 13.2 Å². The Labute approximate surface area is 323 Å². The Hall–Kier alpha value is -4.82. The lowest BCUT2D eigenvalue weighted by molar-refractivity contribution is -0.139. The number of carbonyl (C=O) groups is 4. The first kappa shape index (κ1) is 42.3. The maximum absolute atomic E-state index is 14.8. The number of nitrogens with zero attached hydrogens (tertiary/aromatic N) is 4. The van der Waals surface area contributed by atoms with E-state index >= 15 is 0 Å². The lowest BCUT2D eigenvalue weighted by Gasteiger charge is -2.39. The molecule has 0 radical (unpaired) electrons. The van der Waals surface area contributed by atoms with Crippen LogP contribution in [0.1, 0.15) is 101 Å². The fraction of sp³-hybridized carbons (Fsp3) is 0.561. The zero-order chi connectivity index (χ0) is 40.6. The highest BCUT2D eigenvalue weighted by molar-refractivity contribution is 5.99. The Morgan fingerprint density at radius 3 is 2.25 bits per heavy atom. The van der Waals surface area contributed by atoms with E-state index in [9.17, 15) is 36.7 Å². The van der Waals surface area contributed by atoms with Crippen molar-refractivity contribution < 1.29 is 36.7 Å². The first-order chi connectivity index (χ1) is 26.7. The summed E-state index contributed by atoms with van der Waals surface area (Å²) in [5, 5.41) is 21.1. The smallest absolute Gasteiger partial charge is 0.358 e. The fourth-order valence-electron chi connectivity index (χ4n) is 7.79. The molecule has 11 nitrogen and oxygen atoms in total. The number of halogens is 4. The summed E-state index contributed by atoms with van der Waals surface area (Å²) in [7, 11) is 0. The number of aryl methyl sites for hydroxylation is 1. The van der Waals surface area contributed by atoms with E-state index in [0.717, 1.165) is 6.07 Å². The monoisotopic (exact) mass is 781 g/mol. The van der Waals surface area contributed by atoms with Crippen LogP contribution < -0.4 is 10.6 Å². The predicted octanol–water partition coefficient (Wildman–Crippen LogP) is 8.60. The third kappa shape index (κ3) is 9.94. The molecule has 15 heteroatoms. The number of alkyl halides is 3. The number of hydrogen-bond donors (Lipinski definition) is 3. The predicted molar refractivity (Wildman–Crippen MR) is 202 cm³/mol. The van der Waals surface area contributed by atoms with E-state index < -0.39 is 46.6 Å². The molecule has 0 fully saturated rings. The molecular formula is C41H51F4N7O4. The summed E-state index contributed by atoms with van der Waals surface area (Å²) in [6, 6.07) is 9.83. The van der Waals surface area contributed by atoms with Crippen molar-refractivity contribution in [2.75, 3.05) is 6.54 Å². The van der Waals surface area contributed by atoms with Crippen LogP contribution in [0, 0.1) is 29.5 Å². The van der Waals surface area contributed by atoms with Crippen molar-refractivity contribution in [2.45, 2.75) is 116 Å². The number of rotatable bonds is 19. The van der Waals surface area contributed by atoms with Crippen LogP contribution in [-0.4, -0.2) is 46.6 Å². The number of Topliss-reactive ketones (excluding diaryl/α,β-unsaturated/α-hetero) is 2. The third-order valence-electron chi connectivity index (χ3n) is 11.6. The maximum Gasteiger partial charge on any atom is 0.418 e. The van der Waals surface area contributed by atoms with Crippen LogP contribution in [0.2, 0.25) is 0 Å². The van der Waals surface area contributed by atoms with Gasteiger partial charge in [0, 0.05) is 55.1 Å². The topological polar surface area (TPSA) is 158 Å². The summed E-state index contributed by atoms with van der Waals surface area (Å²) >= 11 is 0. The van der Waals surface area contributed by atoms with Gasteiger partial charge in [0.1, 0.15) is 17.1 Å². The van der Waals surface area contributed by atoms with Crippen molar-refractivity contribution in [3.8, 4) is 0 Å². The Morgan fingerprint density at radius 2 is 1.59 bits per heavy atom. The number of para-hydroxylation sites is 1. The zero-order valence-corrected chi connectivity index (χ0v) is 32.3. The molecule has 2 heterocycles. The molecule has 0 spiro atoms. The number of amides is 2. The summed E-state index contributed by atoms with van der Waals surface area (Å²) in [6.07, 6.45) is -2.32. The van der Waals surface area contributed by atoms with Gasteiger partial charge in [0.25, 0.3) is 0 Å². The van der Waals surface area contributed by atoms with Crippen molar-refractivity contribution in [1.82, 2.24) is 15.6 Å². The average Bonchev–Trinajstić information content (AvgIpc) is 3.83. The molecule has 56 heavy (non-hydrogen) atoms. The van der Waals surface area contributed by atoms with Crippen molar-refractivity contribution in [1.29, 1.82) is 0 Å². The normalized spacial score (nSPS) is 19.0. The summed E-state index contributed by atoms with van der Waals surface area (Å²) in [5.74, 6) is -4.24. The van der Waals surface area contributed by atoms with Crippen LogP contribution in [0.5, 0.6) is 0 Å². The van der Waals surface area contributed by atoms with E-state index in [1.54, 1.807) is 12.1 Å². The van der Waals surface area contributed by atoms with Crippen molar-refractivity contribution in [3.05, 3.63) is 70.7 Å². The van der Waals surface area contributed by atoms with Crippen LogP contribution in [0.4, 0.5) is 17.6 Å². The minimum Gasteiger partial charge on any atom is -0.358 e. The highest BCUT2D eigenvalue weighted by Crippen LogP contribution is 2.41. The maximum atomic E-state index is 14.8. The minimum atomic E-state index is -4.63. The molecule has 3 N–H and O–H groups in total. The van der Waals surface area contributed by atoms with E-state index in [2.05, 4.69) is 36.3 Å². The van der Waals surface area contributed by atoms with Crippen LogP contribution in [0.25, 0.3) is 10.9 Å². The van der Waals surface area contributed by atoms with Gasteiger partial charge < -0.3 is 15.6 Å². The van der Waals surface area contributed by atoms with Gasteiger partial charge in [-0.1, -0.05) is 70.9 Å². The van der Waals surface area contributed by atoms with Gasteiger partial charge in [0.05, 0.1) is 11.1 Å². The Balaban J connectivity index is 1.43. The molecular weight excluding hydrogens is 730 g/mol. The van der Waals surface area contributed by atoms with E-state index in [-0.39, 0.29) is 79.3 Å². The highest BCUT2D eigenvalue weighted by Gasteiger charge is 2.47. The number of aromatic nitrogens is 1. The zero-order valence-electron chi connectivity index (χ0n) is 32.3. The average molecular weight is 782 g/mol. The molecule has 5 rings (SSSR count). The number of unbranched alkanes of at least 4 members (excludes halogenated alkanes) is 1. The van der Waals surface area contributed by atoms with Crippen molar-refractivity contribution in [2.24, 2.45) is 44.3 Å². The summed E-state index contributed by atoms with van der Waals surface area (Å²) in [6.45, 7) is 7.88. The number of carbonyl (C=O) groups excluding carboxylic acids is 4. The lowest BCUT2D eigenvalue weighted by Crippen LogP contribution is -2.60. The summed E-state index contributed by atoms with van der Waals surface area (Å²) in [5.41, 5.74) is -1.25. The molecule has 2 unspecified atom stereocenters. The molecule has 0 bridgehead atoms. The first-order valence-corrected chi connectivity index (χ1v) is 19.5. The molecule has 0 saturated carbocycles. The Kier molecular flexibility index (Phi) is 13.9. The molecule has 0 saturated heterocycles. The van der Waals surface area contributed by atoms with Gasteiger partial charge in [-0.05, 0) is 77.6 Å². The van der Waals surface area contributed by atoms with Gasteiger partial charge in [-0.3, -0.25) is 19.2 Å². The highest BCUT2D eigenvalue weighted by atomic mass is 19.4. The molecule has 3 aromatic rings. The van der Waals surface area contributed by atoms with E-state index in [4.69, 9.17) is 0 Å². The number of nitrogens with one attached hydrogen (secondary N) is 3. The number of hydrogen-bond acceptors (Lipinski definition) is 8. The molecule has 1 aromatic heterocycles. The molecule has 302 valence electrons. The van der Waals surface area contributed by atoms with Gasteiger partial charge in [0.2, 0.25) is 11.8 Å². The standard InChI is InChI=1S/C41H51F4N7O4/c1-5-24(3)29(21-27(53)20-26-12-7-8-15-33(26)42)39(56)48-40(18-17-34-31(23-40)28-13-11-14-32(37(28)47-34)41(43,44)45)35(54)22-30(25(4)6-2)38(55)46-19-10-9-16-36-49-51-52-50-36/h7-8,11-15,24-25,29-30,36,47H,5-6,9-10,16-23H2,1-4H3,(H,46,55)(H,48,56)/t24?,25?,29-,30-,40+/m0/s1. The second-order valence-electron chi connectivity index (χ2n) is 15.4. The quantitative estimate of drug-likeness (QED) is 0.0822. The Bertz CT molecular complexity index is 1950. The molecule has 2 amide bonds. The molecule has 2 aliphatic rings. The van der Waals surface area contributed by atoms with Gasteiger partial charge in [-0.15, -0.1) is 10.2 Å². The van der Waals surface area contributed by atoms with Crippen molar-refractivity contribution in [3.63, 3.8) is 0 Å². The van der Waals surface area contributed by atoms with E-state index in [1.165, 1.54) is 24.3 Å². The number of benzene rings is 2. The number of ketones is 2. The van der Waals surface area contributed by atoms with Gasteiger partial charge in [-0.25, -0.2) is 4.39 Å². The second-order valence-corrected chi connectivity index (χ2v) is 15.4. The van der Waals surface area contributed by atoms with E-state index in [1.807, 2.05) is 27.7 Å². The number of H-pyrrole nitrogens is 1. The molecule has 1 aliphatic carbocycles.